The predicted octanol–water partition coefficient (Wildman–Crippen LogP) is 1.94. The number of aromatic nitrogens is 2. The van der Waals surface area contributed by atoms with E-state index in [1.54, 1.807) is 0 Å². The molecule has 0 spiro atoms. The van der Waals surface area contributed by atoms with Crippen LogP contribution in [0, 0.1) is 6.92 Å². The Morgan fingerprint density at radius 1 is 1.55 bits per heavy atom. The van der Waals surface area contributed by atoms with Gasteiger partial charge < -0.3 is 10.6 Å². The fourth-order valence-corrected chi connectivity index (χ4v) is 2.43. The molecule has 1 aromatic rings. The number of hydrogen-bond donors (Lipinski definition) is 1. The Labute approximate surface area is 132 Å². The van der Waals surface area contributed by atoms with Gasteiger partial charge in [-0.05, 0) is 32.3 Å². The van der Waals surface area contributed by atoms with Crippen LogP contribution in [0.5, 0.6) is 0 Å². The zero-order chi connectivity index (χ0) is 13.1. The topological polar surface area (TPSA) is 64.2 Å². The maximum absolute atomic E-state index is 12.0. The van der Waals surface area contributed by atoms with Crippen LogP contribution < -0.4 is 5.73 Å². The molecule has 1 aliphatic heterocycles. The molecule has 1 saturated heterocycles. The minimum atomic E-state index is -0.0650. The van der Waals surface area contributed by atoms with Crippen molar-refractivity contribution in [2.45, 2.75) is 45.2 Å². The van der Waals surface area contributed by atoms with Crippen molar-refractivity contribution in [1.82, 2.24) is 14.7 Å². The molecule has 2 N–H and O–H groups in total. The largest absolute Gasteiger partial charge is 0.341 e. The van der Waals surface area contributed by atoms with Gasteiger partial charge >= 0.3 is 0 Å². The third-order valence-electron chi connectivity index (χ3n) is 3.35. The van der Waals surface area contributed by atoms with E-state index in [1.807, 2.05) is 35.8 Å². The summed E-state index contributed by atoms with van der Waals surface area (Å²) in [6, 6.07) is 0.245. The van der Waals surface area contributed by atoms with Gasteiger partial charge in [-0.3, -0.25) is 9.48 Å². The number of piperidine rings is 1. The summed E-state index contributed by atoms with van der Waals surface area (Å²) < 4.78 is 1.99. The summed E-state index contributed by atoms with van der Waals surface area (Å²) in [6.45, 7) is 5.51. The number of hydrogen-bond acceptors (Lipinski definition) is 3. The van der Waals surface area contributed by atoms with Crippen molar-refractivity contribution in [1.29, 1.82) is 0 Å². The zero-order valence-electron chi connectivity index (χ0n) is 12.0. The van der Waals surface area contributed by atoms with Crippen LogP contribution in [0.4, 0.5) is 0 Å². The van der Waals surface area contributed by atoms with Crippen molar-refractivity contribution in [3.8, 4) is 0 Å². The molecule has 1 aromatic heterocycles. The molecule has 0 aliphatic carbocycles. The summed E-state index contributed by atoms with van der Waals surface area (Å²) in [5, 5.41) is 4.35. The van der Waals surface area contributed by atoms with Crippen LogP contribution in [0.2, 0.25) is 0 Å². The second-order valence-corrected chi connectivity index (χ2v) is 5.31. The van der Waals surface area contributed by atoms with Gasteiger partial charge in [-0.1, -0.05) is 0 Å². The first kappa shape index (κ1) is 19.2. The van der Waals surface area contributed by atoms with Crippen molar-refractivity contribution in [3.63, 3.8) is 0 Å². The lowest BCUT2D eigenvalue weighted by Gasteiger charge is -2.33. The average molecular weight is 323 g/mol. The van der Waals surface area contributed by atoms with Gasteiger partial charge in [-0.2, -0.15) is 5.10 Å². The van der Waals surface area contributed by atoms with Gasteiger partial charge in [-0.15, -0.1) is 24.8 Å². The summed E-state index contributed by atoms with van der Waals surface area (Å²) >= 11 is 0. The predicted molar refractivity (Wildman–Crippen MR) is 84.6 cm³/mol. The highest BCUT2D eigenvalue weighted by Crippen LogP contribution is 2.21. The Kier molecular flexibility index (Phi) is 8.16. The molecular formula is C13H24Cl2N4O. The van der Waals surface area contributed by atoms with Crippen molar-refractivity contribution in [2.75, 3.05) is 13.1 Å². The molecule has 0 saturated carbocycles. The molecule has 0 bridgehead atoms. The average Bonchev–Trinajstić information content (AvgIpc) is 2.75. The maximum atomic E-state index is 12.0. The molecule has 116 valence electrons. The molecule has 0 radical (unpaired) electrons. The smallest absolute Gasteiger partial charge is 0.224 e. The Balaban J connectivity index is 0.00000180. The fraction of sp³-hybridized carbons (Fsp3) is 0.692. The van der Waals surface area contributed by atoms with E-state index in [0.717, 1.165) is 31.5 Å². The van der Waals surface area contributed by atoms with Crippen molar-refractivity contribution >= 4 is 30.7 Å². The first-order chi connectivity index (χ1) is 8.56. The molecule has 2 atom stereocenters. The lowest BCUT2D eigenvalue weighted by atomic mass is 10.0. The molecular weight excluding hydrogens is 299 g/mol. The lowest BCUT2D eigenvalue weighted by molar-refractivity contribution is -0.133. The van der Waals surface area contributed by atoms with Crippen LogP contribution in [0.15, 0.2) is 12.4 Å². The number of likely N-dealkylation sites (tertiary alicyclic amines) is 1. The third-order valence-corrected chi connectivity index (χ3v) is 3.35. The Hall–Kier alpha value is -0.780. The number of aryl methyl sites for hydroxylation is 1. The first-order valence-electron chi connectivity index (χ1n) is 6.60. The summed E-state index contributed by atoms with van der Waals surface area (Å²) in [5.74, 6) is 0.165. The summed E-state index contributed by atoms with van der Waals surface area (Å²) in [5.41, 5.74) is 6.85. The van der Waals surface area contributed by atoms with Gasteiger partial charge in [0.05, 0.1) is 12.2 Å². The Morgan fingerprint density at radius 2 is 2.25 bits per heavy atom. The minimum Gasteiger partial charge on any atom is -0.341 e. The van der Waals surface area contributed by atoms with E-state index in [2.05, 4.69) is 5.10 Å². The van der Waals surface area contributed by atoms with Crippen molar-refractivity contribution in [2.24, 2.45) is 5.73 Å². The molecule has 2 rings (SSSR count). The number of rotatable bonds is 3. The molecule has 1 fully saturated rings. The third kappa shape index (κ3) is 4.96. The van der Waals surface area contributed by atoms with E-state index < -0.39 is 0 Å². The summed E-state index contributed by atoms with van der Waals surface area (Å²) in [4.78, 5) is 13.9. The van der Waals surface area contributed by atoms with Crippen molar-refractivity contribution < 1.29 is 4.79 Å². The standard InChI is InChI=1S/C13H22N4O.2ClH/c1-10-7-15-17(8-10)12-4-3-5-16(9-12)13(18)6-11(2)14;;/h7-8,11-12H,3-6,9,14H2,1-2H3;2*1H. The van der Waals surface area contributed by atoms with Crippen LogP contribution in [0.25, 0.3) is 0 Å². The highest BCUT2D eigenvalue weighted by molar-refractivity contribution is 5.85. The minimum absolute atomic E-state index is 0. The highest BCUT2D eigenvalue weighted by atomic mass is 35.5. The number of carbonyl (C=O) groups is 1. The molecule has 5 nitrogen and oxygen atoms in total. The van der Waals surface area contributed by atoms with Gasteiger partial charge in [-0.25, -0.2) is 0 Å². The summed E-state index contributed by atoms with van der Waals surface area (Å²) in [7, 11) is 0. The first-order valence-corrected chi connectivity index (χ1v) is 6.60. The number of nitrogens with zero attached hydrogens (tertiary/aromatic N) is 3. The van der Waals surface area contributed by atoms with Crippen LogP contribution in [-0.4, -0.2) is 39.7 Å². The van der Waals surface area contributed by atoms with Gasteiger partial charge in [0.15, 0.2) is 0 Å². The van der Waals surface area contributed by atoms with E-state index in [-0.39, 0.29) is 36.8 Å². The van der Waals surface area contributed by atoms with Crippen LogP contribution >= 0.6 is 24.8 Å². The van der Waals surface area contributed by atoms with Gasteiger partial charge in [0, 0.05) is 31.7 Å². The fourth-order valence-electron chi connectivity index (χ4n) is 2.43. The van der Waals surface area contributed by atoms with Gasteiger partial charge in [0.2, 0.25) is 5.91 Å². The van der Waals surface area contributed by atoms with Crippen LogP contribution in [0.3, 0.4) is 0 Å². The number of amides is 1. The van der Waals surface area contributed by atoms with E-state index >= 15 is 0 Å². The second kappa shape index (κ2) is 8.49. The number of carbonyl (C=O) groups excluding carboxylic acids is 1. The molecule has 7 heteroatoms. The highest BCUT2D eigenvalue weighted by Gasteiger charge is 2.25. The molecule has 2 heterocycles. The van der Waals surface area contributed by atoms with Crippen LogP contribution in [0.1, 0.15) is 37.8 Å². The van der Waals surface area contributed by atoms with E-state index in [0.29, 0.717) is 12.5 Å². The maximum Gasteiger partial charge on any atom is 0.224 e. The quantitative estimate of drug-likeness (QED) is 0.924. The van der Waals surface area contributed by atoms with E-state index in [9.17, 15) is 4.79 Å². The number of nitrogens with two attached hydrogens (primary N) is 1. The molecule has 20 heavy (non-hydrogen) atoms. The molecule has 1 aliphatic rings. The van der Waals surface area contributed by atoms with Gasteiger partial charge in [0.1, 0.15) is 0 Å². The van der Waals surface area contributed by atoms with E-state index in [4.69, 9.17) is 5.73 Å². The lowest BCUT2D eigenvalue weighted by Crippen LogP contribution is -2.42. The Bertz CT molecular complexity index is 422. The molecule has 0 aromatic carbocycles. The number of halogens is 2. The summed E-state index contributed by atoms with van der Waals surface area (Å²) in [6.07, 6.45) is 6.47. The SMILES string of the molecule is Cc1cnn(C2CCCN(C(=O)CC(C)N)C2)c1.Cl.Cl. The second-order valence-electron chi connectivity index (χ2n) is 5.31. The van der Waals surface area contributed by atoms with Gasteiger partial charge in [0.25, 0.3) is 0 Å². The van der Waals surface area contributed by atoms with E-state index in [1.165, 1.54) is 0 Å². The Morgan fingerprint density at radius 3 is 2.80 bits per heavy atom. The molecule has 2 unspecified atom stereocenters. The van der Waals surface area contributed by atoms with Crippen molar-refractivity contribution in [3.05, 3.63) is 18.0 Å². The monoisotopic (exact) mass is 322 g/mol. The molecule has 1 amide bonds. The van der Waals surface area contributed by atoms with Crippen LogP contribution in [-0.2, 0) is 4.79 Å². The zero-order valence-corrected chi connectivity index (χ0v) is 13.6. The normalized spacial score (nSPS) is 19.8.